The molecule has 0 spiro atoms. The van der Waals surface area contributed by atoms with Crippen molar-refractivity contribution in [2.45, 2.75) is 18.9 Å². The Kier molecular flexibility index (Phi) is 4.92. The molecule has 0 saturated carbocycles. The minimum absolute atomic E-state index is 0.0461. The Morgan fingerprint density at radius 2 is 2.13 bits per heavy atom. The monoisotopic (exact) mass is 315 g/mol. The van der Waals surface area contributed by atoms with Crippen LogP contribution in [0.3, 0.4) is 0 Å². The molecule has 1 aromatic carbocycles. The number of pyridine rings is 1. The smallest absolute Gasteiger partial charge is 0.404 e. The molecule has 2 N–H and O–H groups in total. The Bertz CT molecular complexity index is 664. The number of piperidine rings is 1. The summed E-state index contributed by atoms with van der Waals surface area (Å²) in [6.45, 7) is 3.26. The molecule has 0 bridgehead atoms. The van der Waals surface area contributed by atoms with Crippen LogP contribution in [-0.2, 0) is 4.74 Å². The zero-order chi connectivity index (χ0) is 16.1. The van der Waals surface area contributed by atoms with E-state index in [1.165, 1.54) is 0 Å². The molecule has 6 nitrogen and oxygen atoms in total. The minimum atomic E-state index is -0.683. The highest BCUT2D eigenvalue weighted by Gasteiger charge is 2.21. The lowest BCUT2D eigenvalue weighted by atomic mass is 10.1. The molecule has 122 valence electrons. The first-order valence-corrected chi connectivity index (χ1v) is 7.86. The average molecular weight is 315 g/mol. The molecule has 3 rings (SSSR count). The lowest BCUT2D eigenvalue weighted by molar-refractivity contribution is 0.0524. The van der Waals surface area contributed by atoms with E-state index in [1.807, 2.05) is 30.5 Å². The van der Waals surface area contributed by atoms with Gasteiger partial charge in [0.25, 0.3) is 0 Å². The van der Waals surface area contributed by atoms with Crippen molar-refractivity contribution >= 4 is 16.9 Å². The van der Waals surface area contributed by atoms with Crippen LogP contribution in [0.25, 0.3) is 10.8 Å². The normalized spacial score (nSPS) is 16.3. The lowest BCUT2D eigenvalue weighted by Gasteiger charge is -2.31. The van der Waals surface area contributed by atoms with E-state index < -0.39 is 6.09 Å². The maximum absolute atomic E-state index is 10.7. The fourth-order valence-corrected chi connectivity index (χ4v) is 2.92. The van der Waals surface area contributed by atoms with Crippen molar-refractivity contribution in [1.29, 1.82) is 0 Å². The number of amides is 1. The molecule has 23 heavy (non-hydrogen) atoms. The van der Waals surface area contributed by atoms with E-state index in [0.29, 0.717) is 6.61 Å². The number of nitrogens with zero attached hydrogens (tertiary/aromatic N) is 2. The van der Waals surface area contributed by atoms with Crippen molar-refractivity contribution in [1.82, 2.24) is 9.88 Å². The Morgan fingerprint density at radius 1 is 1.30 bits per heavy atom. The number of hydrogen-bond donors (Lipinski definition) is 1. The van der Waals surface area contributed by atoms with Crippen LogP contribution >= 0.6 is 0 Å². The van der Waals surface area contributed by atoms with Crippen LogP contribution in [0.15, 0.2) is 36.7 Å². The number of carbonyl (C=O) groups excluding carboxylic acids is 1. The topological polar surface area (TPSA) is 77.7 Å². The summed E-state index contributed by atoms with van der Waals surface area (Å²) in [5, 5.41) is 2.16. The van der Waals surface area contributed by atoms with Gasteiger partial charge >= 0.3 is 6.09 Å². The van der Waals surface area contributed by atoms with Crippen LogP contribution in [0.4, 0.5) is 4.79 Å². The van der Waals surface area contributed by atoms with Gasteiger partial charge in [-0.1, -0.05) is 12.1 Å². The van der Waals surface area contributed by atoms with Gasteiger partial charge in [-0.15, -0.1) is 0 Å². The predicted molar refractivity (Wildman–Crippen MR) is 87.4 cm³/mol. The van der Waals surface area contributed by atoms with Gasteiger partial charge in [-0.05, 0) is 25.0 Å². The highest BCUT2D eigenvalue weighted by molar-refractivity contribution is 5.87. The van der Waals surface area contributed by atoms with Crippen molar-refractivity contribution in [3.05, 3.63) is 36.7 Å². The van der Waals surface area contributed by atoms with E-state index in [-0.39, 0.29) is 6.10 Å². The van der Waals surface area contributed by atoms with Crippen molar-refractivity contribution in [3.63, 3.8) is 0 Å². The van der Waals surface area contributed by atoms with Crippen molar-refractivity contribution in [3.8, 4) is 5.75 Å². The third-order valence-electron chi connectivity index (χ3n) is 4.12. The summed E-state index contributed by atoms with van der Waals surface area (Å²) >= 11 is 0. The summed E-state index contributed by atoms with van der Waals surface area (Å²) in [5.41, 5.74) is 5.05. The average Bonchev–Trinajstić information content (AvgIpc) is 2.56. The van der Waals surface area contributed by atoms with Crippen molar-refractivity contribution < 1.29 is 14.3 Å². The van der Waals surface area contributed by atoms with E-state index in [0.717, 1.165) is 49.0 Å². The number of rotatable bonds is 5. The molecule has 6 heteroatoms. The number of ether oxygens (including phenoxy) is 2. The number of carbonyl (C=O) groups is 1. The van der Waals surface area contributed by atoms with Gasteiger partial charge < -0.3 is 15.2 Å². The van der Waals surface area contributed by atoms with E-state index in [2.05, 4.69) is 9.88 Å². The quantitative estimate of drug-likeness (QED) is 0.915. The molecule has 1 aliphatic heterocycles. The molecule has 0 unspecified atom stereocenters. The lowest BCUT2D eigenvalue weighted by Crippen LogP contribution is -2.40. The van der Waals surface area contributed by atoms with Crippen LogP contribution in [-0.4, -0.2) is 48.3 Å². The predicted octanol–water partition coefficient (Wildman–Crippen LogP) is 2.17. The molecule has 1 amide bonds. The van der Waals surface area contributed by atoms with Gasteiger partial charge in [0.1, 0.15) is 18.5 Å². The first kappa shape index (κ1) is 15.6. The number of aromatic nitrogens is 1. The third kappa shape index (κ3) is 4.10. The molecule has 1 aromatic heterocycles. The fourth-order valence-electron chi connectivity index (χ4n) is 2.92. The van der Waals surface area contributed by atoms with Crippen LogP contribution in [0.1, 0.15) is 12.8 Å². The van der Waals surface area contributed by atoms with Crippen LogP contribution < -0.4 is 10.5 Å². The second kappa shape index (κ2) is 7.28. The molecule has 1 fully saturated rings. The second-order valence-electron chi connectivity index (χ2n) is 5.68. The highest BCUT2D eigenvalue weighted by Crippen LogP contribution is 2.24. The Hall–Kier alpha value is -2.34. The van der Waals surface area contributed by atoms with Gasteiger partial charge in [-0.2, -0.15) is 0 Å². The van der Waals surface area contributed by atoms with Crippen LogP contribution in [0, 0.1) is 0 Å². The summed E-state index contributed by atoms with van der Waals surface area (Å²) in [6, 6.07) is 7.96. The molecular weight excluding hydrogens is 294 g/mol. The molecular formula is C17H21N3O3. The maximum Gasteiger partial charge on any atom is 0.404 e. The number of nitrogens with two attached hydrogens (primary N) is 1. The van der Waals surface area contributed by atoms with Gasteiger partial charge in [-0.3, -0.25) is 9.88 Å². The summed E-state index contributed by atoms with van der Waals surface area (Å²) in [4.78, 5) is 17.2. The fraction of sp³-hybridized carbons (Fsp3) is 0.412. The van der Waals surface area contributed by atoms with Gasteiger partial charge in [0.15, 0.2) is 0 Å². The maximum atomic E-state index is 10.7. The molecule has 0 atom stereocenters. The summed E-state index contributed by atoms with van der Waals surface area (Å²) < 4.78 is 11.0. The van der Waals surface area contributed by atoms with E-state index >= 15 is 0 Å². The number of hydrogen-bond acceptors (Lipinski definition) is 5. The van der Waals surface area contributed by atoms with Gasteiger partial charge in [-0.25, -0.2) is 4.79 Å². The standard InChI is InChI=1S/C17H21N3O3/c18-17(21)23-14-5-8-20(9-6-14)10-11-22-16-3-1-2-13-12-19-7-4-15(13)16/h1-4,7,12,14H,5-6,8-11H2,(H2,18,21). The SMILES string of the molecule is NC(=O)OC1CCN(CCOc2cccc3cnccc23)CC1. The molecule has 0 radical (unpaired) electrons. The molecule has 2 heterocycles. The minimum Gasteiger partial charge on any atom is -0.492 e. The summed E-state index contributed by atoms with van der Waals surface area (Å²) in [6.07, 6.45) is 4.53. The number of fused-ring (bicyclic) bond motifs is 1. The van der Waals surface area contributed by atoms with E-state index in [4.69, 9.17) is 15.2 Å². The Labute approximate surface area is 135 Å². The van der Waals surface area contributed by atoms with Crippen molar-refractivity contribution in [2.24, 2.45) is 5.73 Å². The molecule has 1 aliphatic rings. The molecule has 0 aliphatic carbocycles. The highest BCUT2D eigenvalue weighted by atomic mass is 16.6. The van der Waals surface area contributed by atoms with Crippen LogP contribution in [0.2, 0.25) is 0 Å². The number of primary amides is 1. The zero-order valence-corrected chi connectivity index (χ0v) is 13.0. The summed E-state index contributed by atoms with van der Waals surface area (Å²) in [5.74, 6) is 0.886. The second-order valence-corrected chi connectivity index (χ2v) is 5.68. The van der Waals surface area contributed by atoms with Crippen molar-refractivity contribution in [2.75, 3.05) is 26.2 Å². The summed E-state index contributed by atoms with van der Waals surface area (Å²) in [7, 11) is 0. The van der Waals surface area contributed by atoms with Gasteiger partial charge in [0, 0.05) is 42.8 Å². The zero-order valence-electron chi connectivity index (χ0n) is 13.0. The van der Waals surface area contributed by atoms with Crippen LogP contribution in [0.5, 0.6) is 5.75 Å². The van der Waals surface area contributed by atoms with E-state index in [9.17, 15) is 4.79 Å². The first-order chi connectivity index (χ1) is 11.2. The number of likely N-dealkylation sites (tertiary alicyclic amines) is 1. The van der Waals surface area contributed by atoms with Gasteiger partial charge in [0.2, 0.25) is 0 Å². The molecule has 2 aromatic rings. The number of benzene rings is 1. The third-order valence-corrected chi connectivity index (χ3v) is 4.12. The largest absolute Gasteiger partial charge is 0.492 e. The van der Waals surface area contributed by atoms with Gasteiger partial charge in [0.05, 0.1) is 0 Å². The molecule has 1 saturated heterocycles. The Morgan fingerprint density at radius 3 is 2.91 bits per heavy atom. The first-order valence-electron chi connectivity index (χ1n) is 7.86. The van der Waals surface area contributed by atoms with E-state index in [1.54, 1.807) is 6.20 Å². The Balaban J connectivity index is 1.47.